The molecule has 4 heterocycles. The molecule has 0 fully saturated rings. The van der Waals surface area contributed by atoms with Crippen LogP contribution in [0.1, 0.15) is 16.7 Å². The maximum atomic E-state index is 10.4. The number of nitrogens with zero attached hydrogens (tertiary/aromatic N) is 2. The molecule has 0 amide bonds. The smallest absolute Gasteiger partial charge is 0.124 e. The minimum absolute atomic E-state index is 0.160. The second kappa shape index (κ2) is 9.92. The lowest BCUT2D eigenvalue weighted by atomic mass is 10.1. The molecule has 6 heteroatoms. The van der Waals surface area contributed by atoms with Gasteiger partial charge in [0.2, 0.25) is 0 Å². The highest BCUT2D eigenvalue weighted by atomic mass is 32.1. The number of phenolic OH excluding ortho intramolecular Hbond substituents is 1. The van der Waals surface area contributed by atoms with Gasteiger partial charge in [0, 0.05) is 49.1 Å². The van der Waals surface area contributed by atoms with Gasteiger partial charge in [0.1, 0.15) is 5.75 Å². The Morgan fingerprint density at radius 3 is 2.47 bits per heavy atom. The molecule has 6 aromatic rings. The number of hydrogen-bond donors (Lipinski definition) is 1. The van der Waals surface area contributed by atoms with Crippen LogP contribution in [0.3, 0.4) is 0 Å². The molecule has 0 atom stereocenters. The van der Waals surface area contributed by atoms with Crippen LogP contribution in [0.15, 0.2) is 101 Å². The minimum Gasteiger partial charge on any atom is -0.507 e. The summed E-state index contributed by atoms with van der Waals surface area (Å²) in [5, 5.41) is 15.6. The van der Waals surface area contributed by atoms with Gasteiger partial charge in [0.25, 0.3) is 0 Å². The second-order valence-corrected chi connectivity index (χ2v) is 10.9. The van der Waals surface area contributed by atoms with Gasteiger partial charge in [-0.15, -0.1) is 34.0 Å². The normalized spacial score (nSPS) is 11.1. The molecule has 3 nitrogen and oxygen atoms in total. The Hall–Kier alpha value is -4.02. The number of benzene rings is 2. The number of aromatic nitrogens is 1. The first-order valence-corrected chi connectivity index (χ1v) is 13.8. The maximum absolute atomic E-state index is 10.4. The van der Waals surface area contributed by atoms with Gasteiger partial charge >= 0.3 is 0 Å². The molecule has 0 radical (unpaired) electrons. The van der Waals surface area contributed by atoms with Gasteiger partial charge in [0.15, 0.2) is 0 Å². The van der Waals surface area contributed by atoms with E-state index in [1.54, 1.807) is 52.5 Å². The molecule has 0 saturated carbocycles. The van der Waals surface area contributed by atoms with Gasteiger partial charge in [-0.2, -0.15) is 0 Å². The molecule has 0 bridgehead atoms. The highest BCUT2D eigenvalue weighted by Crippen LogP contribution is 2.41. The van der Waals surface area contributed by atoms with Gasteiger partial charge < -0.3 is 5.11 Å². The third kappa shape index (κ3) is 4.60. The van der Waals surface area contributed by atoms with Crippen molar-refractivity contribution in [2.24, 2.45) is 4.99 Å². The number of hydrogen-bond acceptors (Lipinski definition) is 6. The van der Waals surface area contributed by atoms with E-state index in [-0.39, 0.29) is 5.75 Å². The summed E-state index contributed by atoms with van der Waals surface area (Å²) in [6.45, 7) is 0. The average molecular weight is 519 g/mol. The quantitative estimate of drug-likeness (QED) is 0.188. The topological polar surface area (TPSA) is 45.5 Å². The van der Waals surface area contributed by atoms with Crippen LogP contribution in [0.2, 0.25) is 0 Å². The number of phenols is 1. The molecule has 172 valence electrons. The highest BCUT2D eigenvalue weighted by molar-refractivity contribution is 7.26. The molecule has 0 aliphatic heterocycles. The molecule has 0 aliphatic rings. The Morgan fingerprint density at radius 1 is 0.806 bits per heavy atom. The second-order valence-electron chi connectivity index (χ2n) is 7.94. The first-order chi connectivity index (χ1) is 17.7. The van der Waals surface area contributed by atoms with Crippen LogP contribution < -0.4 is 0 Å². The van der Waals surface area contributed by atoms with Gasteiger partial charge in [-0.1, -0.05) is 42.2 Å². The molecule has 0 unspecified atom stereocenters. The summed E-state index contributed by atoms with van der Waals surface area (Å²) in [6, 6.07) is 25.7. The lowest BCUT2D eigenvalue weighted by molar-refractivity contribution is 0.474. The zero-order valence-corrected chi connectivity index (χ0v) is 21.3. The van der Waals surface area contributed by atoms with Crippen molar-refractivity contribution in [2.75, 3.05) is 0 Å². The number of thiophene rings is 3. The third-order valence-electron chi connectivity index (χ3n) is 5.56. The summed E-state index contributed by atoms with van der Waals surface area (Å²) in [7, 11) is 0. The van der Waals surface area contributed by atoms with Gasteiger partial charge in [-0.05, 0) is 59.3 Å². The number of rotatable bonds is 4. The Kier molecular flexibility index (Phi) is 6.18. The lowest BCUT2D eigenvalue weighted by Gasteiger charge is -2.02. The molecule has 1 N–H and O–H groups in total. The number of fused-ring (bicyclic) bond motifs is 1. The predicted octanol–water partition coefficient (Wildman–Crippen LogP) is 8.61. The van der Waals surface area contributed by atoms with Crippen molar-refractivity contribution < 1.29 is 5.11 Å². The summed E-state index contributed by atoms with van der Waals surface area (Å²) in [4.78, 5) is 13.9. The maximum Gasteiger partial charge on any atom is 0.124 e. The molecule has 0 spiro atoms. The van der Waals surface area contributed by atoms with Crippen LogP contribution in [-0.4, -0.2) is 16.3 Å². The summed E-state index contributed by atoms with van der Waals surface area (Å²) < 4.78 is 0. The van der Waals surface area contributed by atoms with E-state index in [0.717, 1.165) is 27.7 Å². The fraction of sp³-hybridized carbons (Fsp3) is 0. The van der Waals surface area contributed by atoms with E-state index in [1.807, 2.05) is 42.5 Å². The van der Waals surface area contributed by atoms with Crippen molar-refractivity contribution >= 4 is 56.8 Å². The predicted molar refractivity (Wildman–Crippen MR) is 154 cm³/mol. The van der Waals surface area contributed by atoms with Crippen LogP contribution in [0.25, 0.3) is 30.4 Å². The lowest BCUT2D eigenvalue weighted by Crippen LogP contribution is -1.86. The zero-order valence-electron chi connectivity index (χ0n) is 18.9. The van der Waals surface area contributed by atoms with Crippen molar-refractivity contribution in [2.45, 2.75) is 0 Å². The van der Waals surface area contributed by atoms with Crippen molar-refractivity contribution in [3.8, 4) is 37.1 Å². The minimum atomic E-state index is 0.160. The van der Waals surface area contributed by atoms with Crippen molar-refractivity contribution in [1.82, 2.24) is 4.98 Å². The summed E-state index contributed by atoms with van der Waals surface area (Å²) >= 11 is 5.23. The average Bonchev–Trinajstić information content (AvgIpc) is 3.69. The molecule has 2 aromatic carbocycles. The monoisotopic (exact) mass is 518 g/mol. The van der Waals surface area contributed by atoms with Crippen LogP contribution >= 0.6 is 34.0 Å². The van der Waals surface area contributed by atoms with Gasteiger partial charge in [-0.3, -0.25) is 9.98 Å². The van der Waals surface area contributed by atoms with E-state index in [2.05, 4.69) is 62.9 Å². The van der Waals surface area contributed by atoms with Crippen molar-refractivity contribution in [1.29, 1.82) is 0 Å². The van der Waals surface area contributed by atoms with E-state index in [4.69, 9.17) is 0 Å². The van der Waals surface area contributed by atoms with Crippen molar-refractivity contribution in [3.63, 3.8) is 0 Å². The molecule has 36 heavy (non-hydrogen) atoms. The summed E-state index contributed by atoms with van der Waals surface area (Å²) in [5.74, 6) is 6.84. The zero-order chi connectivity index (χ0) is 24.3. The largest absolute Gasteiger partial charge is 0.507 e. The number of pyridine rings is 1. The number of aliphatic imine (C=N–C) groups is 1. The third-order valence-corrected chi connectivity index (χ3v) is 8.81. The number of aromatic hydroxyl groups is 1. The fourth-order valence-corrected chi connectivity index (χ4v) is 6.63. The van der Waals surface area contributed by atoms with Crippen LogP contribution in [0.4, 0.5) is 5.69 Å². The SMILES string of the molecule is Oc1ccc(C#Cc2cc(-c3cccs3)sc2-c2cccs2)cc1C=Nc1cccc2cccnc12. The number of para-hydroxylation sites is 1. The summed E-state index contributed by atoms with van der Waals surface area (Å²) in [5.41, 5.74) is 4.01. The Bertz CT molecular complexity index is 1750. The molecular weight excluding hydrogens is 501 g/mol. The van der Waals surface area contributed by atoms with Gasteiger partial charge in [0.05, 0.1) is 16.1 Å². The Morgan fingerprint density at radius 2 is 1.64 bits per heavy atom. The highest BCUT2D eigenvalue weighted by Gasteiger charge is 2.12. The standard InChI is InChI=1S/C30H18N2OS3/c33-25-13-11-20(17-23(25)19-32-24-7-1-5-21-6-2-14-31-29(21)24)10-12-22-18-28(26-8-3-15-34-26)36-30(22)27-9-4-16-35-27/h1-9,11,13-19,33H. The van der Waals surface area contributed by atoms with E-state index in [1.165, 1.54) is 19.5 Å². The van der Waals surface area contributed by atoms with Crippen LogP contribution in [-0.2, 0) is 0 Å². The van der Waals surface area contributed by atoms with Crippen LogP contribution in [0.5, 0.6) is 5.75 Å². The molecule has 4 aromatic heterocycles. The van der Waals surface area contributed by atoms with E-state index >= 15 is 0 Å². The Balaban J connectivity index is 1.34. The summed E-state index contributed by atoms with van der Waals surface area (Å²) in [6.07, 6.45) is 3.42. The van der Waals surface area contributed by atoms with Crippen molar-refractivity contribution in [3.05, 3.63) is 113 Å². The molecular formula is C30H18N2OS3. The van der Waals surface area contributed by atoms with Crippen LogP contribution in [0, 0.1) is 11.8 Å². The van der Waals surface area contributed by atoms with E-state index in [9.17, 15) is 5.11 Å². The Labute approximate surface area is 220 Å². The fourth-order valence-electron chi connectivity index (χ4n) is 3.82. The van der Waals surface area contributed by atoms with E-state index in [0.29, 0.717) is 5.56 Å². The molecule has 6 rings (SSSR count). The first kappa shape index (κ1) is 22.4. The van der Waals surface area contributed by atoms with Gasteiger partial charge in [-0.25, -0.2) is 0 Å². The first-order valence-electron chi connectivity index (χ1n) is 11.2. The molecule has 0 aliphatic carbocycles. The van der Waals surface area contributed by atoms with E-state index < -0.39 is 0 Å². The molecule has 0 saturated heterocycles.